The van der Waals surface area contributed by atoms with Gasteiger partial charge in [-0.3, -0.25) is 9.36 Å². The number of amides is 1. The van der Waals surface area contributed by atoms with Gasteiger partial charge >= 0.3 is 0 Å². The number of hydrogen-bond acceptors (Lipinski definition) is 13. The lowest BCUT2D eigenvalue weighted by molar-refractivity contribution is -0.197. The Morgan fingerprint density at radius 3 is 2.92 bits per heavy atom. The number of nitrogens with two attached hydrogens (primary N) is 1. The van der Waals surface area contributed by atoms with Crippen molar-refractivity contribution in [2.75, 3.05) is 12.3 Å². The number of anilines is 1. The van der Waals surface area contributed by atoms with Gasteiger partial charge in [-0.1, -0.05) is 16.4 Å². The van der Waals surface area contributed by atoms with Gasteiger partial charge in [0.05, 0.1) is 36.2 Å². The van der Waals surface area contributed by atoms with Crippen molar-refractivity contribution in [3.05, 3.63) is 54.1 Å². The van der Waals surface area contributed by atoms with Crippen LogP contribution in [0.2, 0.25) is 0 Å². The number of carbonyl (C=O) groups excluding carboxylic acids is 1. The number of carbonyl (C=O) groups is 1. The summed E-state index contributed by atoms with van der Waals surface area (Å²) in [5.74, 6) is -0.997. The van der Waals surface area contributed by atoms with Gasteiger partial charge in [-0.15, -0.1) is 5.10 Å². The second-order valence-corrected chi connectivity index (χ2v) is 9.84. The van der Waals surface area contributed by atoms with Crippen LogP contribution in [0.25, 0.3) is 11.2 Å². The molecule has 6 heterocycles. The third kappa shape index (κ3) is 4.94. The first kappa shape index (κ1) is 25.7. The number of nitrogen functional groups attached to an aromatic ring is 1. The van der Waals surface area contributed by atoms with Crippen molar-refractivity contribution < 1.29 is 24.2 Å². The summed E-state index contributed by atoms with van der Waals surface area (Å²) in [7, 11) is 0. The van der Waals surface area contributed by atoms with Crippen LogP contribution in [0.1, 0.15) is 37.2 Å². The van der Waals surface area contributed by atoms with E-state index in [9.17, 15) is 4.79 Å². The summed E-state index contributed by atoms with van der Waals surface area (Å²) < 4.78 is 21.7. The highest BCUT2D eigenvalue weighted by molar-refractivity contribution is 5.83. The topological polar surface area (TPSA) is 203 Å². The van der Waals surface area contributed by atoms with E-state index in [2.05, 4.69) is 40.7 Å². The summed E-state index contributed by atoms with van der Waals surface area (Å²) in [6.07, 6.45) is 3.52. The standard InChI is InChI=1S/C24H27N11O5/c1-24(2)39-17-18(38-23(19(17)40-24)35-12-29-16-20(25)27-11-28-21(16)35)22(36)26-7-6-15-10-34(33-32-15)9-14-5-3-4-13(31-14)8-30-37/h3-5,8,10-12,17-19,23,37H,6-7,9H2,1-2H3,(H,26,36)(H2,25,27,28)/b30-8+/t17-,18+,19-,23?/m1/s1. The Morgan fingerprint density at radius 2 is 2.08 bits per heavy atom. The Hall–Kier alpha value is -4.54. The number of nitrogens with one attached hydrogen (secondary N) is 1. The second-order valence-electron chi connectivity index (χ2n) is 9.84. The molecule has 4 aromatic rings. The molecule has 0 bridgehead atoms. The van der Waals surface area contributed by atoms with Crippen LogP contribution in [0.15, 0.2) is 42.2 Å². The van der Waals surface area contributed by atoms with Crippen molar-refractivity contribution in [3.63, 3.8) is 0 Å². The van der Waals surface area contributed by atoms with E-state index < -0.39 is 30.3 Å². The Kier molecular flexibility index (Phi) is 6.57. The molecule has 4 N–H and O–H groups in total. The average molecular weight is 550 g/mol. The third-order valence-electron chi connectivity index (χ3n) is 6.56. The first-order valence-electron chi connectivity index (χ1n) is 12.6. The predicted octanol–water partition coefficient (Wildman–Crippen LogP) is 0.0278. The van der Waals surface area contributed by atoms with Crippen molar-refractivity contribution in [1.82, 2.24) is 44.8 Å². The molecule has 16 heteroatoms. The van der Waals surface area contributed by atoms with E-state index in [0.717, 1.165) is 5.69 Å². The third-order valence-corrected chi connectivity index (χ3v) is 6.56. The quantitative estimate of drug-likeness (QED) is 0.151. The normalized spacial score (nSPS) is 23.6. The number of oxime groups is 1. The summed E-state index contributed by atoms with van der Waals surface area (Å²) in [5.41, 5.74) is 8.79. The van der Waals surface area contributed by atoms with Gasteiger partial charge in [0.1, 0.15) is 24.1 Å². The van der Waals surface area contributed by atoms with Gasteiger partial charge in [-0.25, -0.2) is 24.6 Å². The van der Waals surface area contributed by atoms with Crippen LogP contribution in [0.4, 0.5) is 5.82 Å². The molecular weight excluding hydrogens is 522 g/mol. The fraction of sp³-hybridized carbons (Fsp3) is 0.417. The van der Waals surface area contributed by atoms with Gasteiger partial charge in [0, 0.05) is 19.2 Å². The molecule has 0 aromatic carbocycles. The van der Waals surface area contributed by atoms with E-state index in [0.29, 0.717) is 42.1 Å². The highest BCUT2D eigenvalue weighted by Gasteiger charge is 2.58. The highest BCUT2D eigenvalue weighted by atomic mass is 16.8. The fourth-order valence-electron chi connectivity index (χ4n) is 4.90. The number of imidazole rings is 1. The summed E-state index contributed by atoms with van der Waals surface area (Å²) in [6, 6.07) is 5.37. The van der Waals surface area contributed by atoms with Crippen molar-refractivity contribution in [2.24, 2.45) is 5.16 Å². The molecule has 0 radical (unpaired) electrons. The highest BCUT2D eigenvalue weighted by Crippen LogP contribution is 2.43. The molecule has 2 fully saturated rings. The molecule has 208 valence electrons. The zero-order valence-electron chi connectivity index (χ0n) is 21.7. The van der Waals surface area contributed by atoms with E-state index in [-0.39, 0.29) is 11.7 Å². The maximum atomic E-state index is 13.2. The molecule has 2 aliphatic rings. The number of fused-ring (bicyclic) bond motifs is 2. The lowest BCUT2D eigenvalue weighted by Crippen LogP contribution is -2.43. The zero-order valence-corrected chi connectivity index (χ0v) is 21.7. The van der Waals surface area contributed by atoms with Crippen molar-refractivity contribution in [2.45, 2.75) is 57.1 Å². The van der Waals surface area contributed by atoms with Crippen LogP contribution >= 0.6 is 0 Å². The lowest BCUT2D eigenvalue weighted by atomic mass is 10.1. The van der Waals surface area contributed by atoms with Gasteiger partial charge in [0.15, 0.2) is 29.6 Å². The average Bonchev–Trinajstić information content (AvgIpc) is 3.68. The number of aromatic nitrogens is 8. The van der Waals surface area contributed by atoms with Crippen LogP contribution in [0, 0.1) is 0 Å². The Balaban J connectivity index is 1.10. The van der Waals surface area contributed by atoms with Crippen molar-refractivity contribution >= 4 is 29.1 Å². The van der Waals surface area contributed by atoms with E-state index in [1.807, 2.05) is 12.1 Å². The lowest BCUT2D eigenvalue weighted by Gasteiger charge is -2.24. The molecule has 40 heavy (non-hydrogen) atoms. The number of nitrogens with zero attached hydrogens (tertiary/aromatic N) is 9. The molecule has 1 unspecified atom stereocenters. The Bertz CT molecular complexity index is 1570. The van der Waals surface area contributed by atoms with Gasteiger partial charge in [0.25, 0.3) is 5.91 Å². The molecule has 0 saturated carbocycles. The van der Waals surface area contributed by atoms with Gasteiger partial charge < -0.3 is 30.5 Å². The van der Waals surface area contributed by atoms with Crippen LogP contribution in [-0.2, 0) is 32.0 Å². The van der Waals surface area contributed by atoms with Crippen LogP contribution in [-0.4, -0.2) is 87.5 Å². The van der Waals surface area contributed by atoms with E-state index in [1.54, 1.807) is 41.7 Å². The summed E-state index contributed by atoms with van der Waals surface area (Å²) >= 11 is 0. The van der Waals surface area contributed by atoms with Gasteiger partial charge in [-0.2, -0.15) is 0 Å². The molecule has 0 spiro atoms. The van der Waals surface area contributed by atoms with E-state index in [4.69, 9.17) is 25.2 Å². The van der Waals surface area contributed by atoms with E-state index in [1.165, 1.54) is 12.5 Å². The van der Waals surface area contributed by atoms with Gasteiger partial charge in [-0.05, 0) is 26.0 Å². The number of pyridine rings is 1. The molecule has 2 aliphatic heterocycles. The molecule has 2 saturated heterocycles. The minimum Gasteiger partial charge on any atom is -0.411 e. The SMILES string of the molecule is CC1(C)O[C@@H]2[C@@H](C(=O)NCCc3cn(Cc4cccc(/C=N/O)n4)nn3)OC(n3cnc4c(N)ncnc43)[C@@H]2O1. The predicted molar refractivity (Wildman–Crippen MR) is 137 cm³/mol. The minimum absolute atomic E-state index is 0.245. The monoisotopic (exact) mass is 549 g/mol. The molecule has 4 atom stereocenters. The number of rotatable bonds is 8. The van der Waals surface area contributed by atoms with Crippen molar-refractivity contribution in [3.8, 4) is 0 Å². The summed E-state index contributed by atoms with van der Waals surface area (Å²) in [6.45, 7) is 4.28. The fourth-order valence-corrected chi connectivity index (χ4v) is 4.90. The Labute approximate surface area is 227 Å². The van der Waals surface area contributed by atoms with Crippen molar-refractivity contribution in [1.29, 1.82) is 0 Å². The van der Waals surface area contributed by atoms with Gasteiger partial charge in [0.2, 0.25) is 0 Å². The summed E-state index contributed by atoms with van der Waals surface area (Å²) in [4.78, 5) is 30.2. The summed E-state index contributed by atoms with van der Waals surface area (Å²) in [5, 5.41) is 22.9. The molecular formula is C24H27N11O5. The first-order chi connectivity index (χ1) is 19.3. The maximum absolute atomic E-state index is 13.2. The van der Waals surface area contributed by atoms with Crippen LogP contribution < -0.4 is 11.1 Å². The molecule has 1 amide bonds. The molecule has 4 aromatic heterocycles. The minimum atomic E-state index is -0.926. The molecule has 16 nitrogen and oxygen atoms in total. The largest absolute Gasteiger partial charge is 0.411 e. The molecule has 0 aliphatic carbocycles. The maximum Gasteiger partial charge on any atom is 0.252 e. The first-order valence-corrected chi connectivity index (χ1v) is 12.6. The van der Waals surface area contributed by atoms with E-state index >= 15 is 0 Å². The molecule has 6 rings (SSSR count). The van der Waals surface area contributed by atoms with Crippen LogP contribution in [0.3, 0.4) is 0 Å². The Morgan fingerprint density at radius 1 is 1.23 bits per heavy atom. The van der Waals surface area contributed by atoms with Crippen LogP contribution in [0.5, 0.6) is 0 Å². The second kappa shape index (κ2) is 10.2. The number of ether oxygens (including phenoxy) is 3. The zero-order chi connectivity index (χ0) is 27.9. The smallest absolute Gasteiger partial charge is 0.252 e. The number of hydrogen-bond donors (Lipinski definition) is 3.